The van der Waals surface area contributed by atoms with Crippen LogP contribution in [0.25, 0.3) is 10.9 Å². The van der Waals surface area contributed by atoms with Crippen LogP contribution in [0, 0.1) is 13.8 Å². The fourth-order valence-electron chi connectivity index (χ4n) is 2.91. The number of benzene rings is 2. The second-order valence-corrected chi connectivity index (χ2v) is 6.65. The van der Waals surface area contributed by atoms with Crippen LogP contribution >= 0.6 is 0 Å². The van der Waals surface area contributed by atoms with Crippen LogP contribution in [0.1, 0.15) is 31.8 Å². The molecule has 0 unspecified atom stereocenters. The predicted octanol–water partition coefficient (Wildman–Crippen LogP) is 1.99. The molecule has 3 amide bonds. The standard InChI is InChI=1S/C21H22N4O3/c1-13-8-9-15(10-14(13)2)20(27)22-11-19(26)23-24-21(28)17-12-25(3)18-7-5-4-6-16(17)18/h4-10,12H,11H2,1-3H3,(H,22,27)(H,23,26)(H,24,28). The van der Waals surface area contributed by atoms with Crippen molar-refractivity contribution >= 4 is 28.6 Å². The van der Waals surface area contributed by atoms with Gasteiger partial charge < -0.3 is 9.88 Å². The second-order valence-electron chi connectivity index (χ2n) is 6.65. The topological polar surface area (TPSA) is 92.2 Å². The Morgan fingerprint density at radius 3 is 2.43 bits per heavy atom. The highest BCUT2D eigenvalue weighted by Gasteiger charge is 2.14. The zero-order chi connectivity index (χ0) is 20.3. The zero-order valence-corrected chi connectivity index (χ0v) is 16.0. The molecule has 0 spiro atoms. The smallest absolute Gasteiger partial charge is 0.271 e. The van der Waals surface area contributed by atoms with E-state index in [2.05, 4.69) is 16.2 Å². The number of para-hydroxylation sites is 1. The van der Waals surface area contributed by atoms with Gasteiger partial charge in [-0.2, -0.15) is 0 Å². The van der Waals surface area contributed by atoms with Crippen molar-refractivity contribution in [3.05, 3.63) is 70.9 Å². The molecule has 0 aliphatic heterocycles. The molecule has 0 radical (unpaired) electrons. The van der Waals surface area contributed by atoms with E-state index in [9.17, 15) is 14.4 Å². The number of hydrogen-bond acceptors (Lipinski definition) is 3. The minimum atomic E-state index is -0.522. The van der Waals surface area contributed by atoms with Crippen molar-refractivity contribution < 1.29 is 14.4 Å². The molecule has 144 valence electrons. The second kappa shape index (κ2) is 7.96. The fourth-order valence-corrected chi connectivity index (χ4v) is 2.91. The summed E-state index contributed by atoms with van der Waals surface area (Å²) in [4.78, 5) is 36.5. The summed E-state index contributed by atoms with van der Waals surface area (Å²) in [6.45, 7) is 3.63. The highest BCUT2D eigenvalue weighted by molar-refractivity contribution is 6.07. The summed E-state index contributed by atoms with van der Waals surface area (Å²) in [7, 11) is 1.85. The number of rotatable bonds is 4. The van der Waals surface area contributed by atoms with E-state index in [-0.39, 0.29) is 12.5 Å². The lowest BCUT2D eigenvalue weighted by atomic mass is 10.1. The molecular weight excluding hydrogens is 356 g/mol. The van der Waals surface area contributed by atoms with E-state index in [1.54, 1.807) is 18.3 Å². The number of aromatic nitrogens is 1. The Morgan fingerprint density at radius 2 is 1.68 bits per heavy atom. The molecule has 1 heterocycles. The van der Waals surface area contributed by atoms with Crippen LogP contribution in [0.2, 0.25) is 0 Å². The minimum Gasteiger partial charge on any atom is -0.350 e. The number of carbonyl (C=O) groups excluding carboxylic acids is 3. The average Bonchev–Trinajstić information content (AvgIpc) is 3.03. The van der Waals surface area contributed by atoms with Crippen LogP contribution in [0.4, 0.5) is 0 Å². The number of nitrogens with zero attached hydrogens (tertiary/aromatic N) is 1. The van der Waals surface area contributed by atoms with Crippen molar-refractivity contribution in [2.24, 2.45) is 7.05 Å². The van der Waals surface area contributed by atoms with Gasteiger partial charge in [0.2, 0.25) is 0 Å². The lowest BCUT2D eigenvalue weighted by Crippen LogP contribution is -2.46. The van der Waals surface area contributed by atoms with Gasteiger partial charge in [-0.05, 0) is 43.2 Å². The molecule has 0 fully saturated rings. The maximum absolute atomic E-state index is 12.4. The molecule has 2 aromatic carbocycles. The molecule has 1 aromatic heterocycles. The Hall–Kier alpha value is -3.61. The van der Waals surface area contributed by atoms with Crippen molar-refractivity contribution in [3.8, 4) is 0 Å². The number of aryl methyl sites for hydroxylation is 3. The number of hydrogen-bond donors (Lipinski definition) is 3. The lowest BCUT2D eigenvalue weighted by Gasteiger charge is -2.09. The molecule has 0 saturated carbocycles. The van der Waals surface area contributed by atoms with Gasteiger partial charge in [0.15, 0.2) is 0 Å². The van der Waals surface area contributed by atoms with E-state index in [0.29, 0.717) is 11.1 Å². The predicted molar refractivity (Wildman–Crippen MR) is 107 cm³/mol. The van der Waals surface area contributed by atoms with Crippen molar-refractivity contribution in [2.75, 3.05) is 6.54 Å². The molecular formula is C21H22N4O3. The number of carbonyl (C=O) groups is 3. The highest BCUT2D eigenvalue weighted by atomic mass is 16.2. The number of nitrogens with one attached hydrogen (secondary N) is 3. The first-order chi connectivity index (χ1) is 13.4. The number of fused-ring (bicyclic) bond motifs is 1. The minimum absolute atomic E-state index is 0.248. The van der Waals surface area contributed by atoms with Crippen LogP contribution in [-0.2, 0) is 11.8 Å². The highest BCUT2D eigenvalue weighted by Crippen LogP contribution is 2.19. The van der Waals surface area contributed by atoms with Gasteiger partial charge in [0, 0.05) is 29.7 Å². The molecule has 3 rings (SSSR count). The Morgan fingerprint density at radius 1 is 0.929 bits per heavy atom. The van der Waals surface area contributed by atoms with Gasteiger partial charge in [-0.25, -0.2) is 0 Å². The largest absolute Gasteiger partial charge is 0.350 e. The summed E-state index contributed by atoms with van der Waals surface area (Å²) in [5.74, 6) is -1.30. The summed E-state index contributed by atoms with van der Waals surface area (Å²) in [5, 5.41) is 3.33. The Kier molecular flexibility index (Phi) is 5.44. The van der Waals surface area contributed by atoms with E-state index < -0.39 is 11.8 Å². The van der Waals surface area contributed by atoms with E-state index in [0.717, 1.165) is 22.0 Å². The van der Waals surface area contributed by atoms with Gasteiger partial charge in [-0.15, -0.1) is 0 Å². The molecule has 0 aliphatic rings. The van der Waals surface area contributed by atoms with Gasteiger partial charge in [0.05, 0.1) is 12.1 Å². The quantitative estimate of drug-likeness (QED) is 0.606. The molecule has 0 bridgehead atoms. The van der Waals surface area contributed by atoms with E-state index >= 15 is 0 Å². The van der Waals surface area contributed by atoms with Gasteiger partial charge >= 0.3 is 0 Å². The first-order valence-corrected chi connectivity index (χ1v) is 8.85. The third-order valence-corrected chi connectivity index (χ3v) is 4.64. The number of amides is 3. The SMILES string of the molecule is Cc1ccc(C(=O)NCC(=O)NNC(=O)c2cn(C)c3ccccc23)cc1C. The Balaban J connectivity index is 1.54. The molecule has 7 nitrogen and oxygen atoms in total. The van der Waals surface area contributed by atoms with Crippen molar-refractivity contribution in [1.29, 1.82) is 0 Å². The van der Waals surface area contributed by atoms with Crippen molar-refractivity contribution in [2.45, 2.75) is 13.8 Å². The van der Waals surface area contributed by atoms with Crippen molar-refractivity contribution in [3.63, 3.8) is 0 Å². The number of hydrazine groups is 1. The lowest BCUT2D eigenvalue weighted by molar-refractivity contribution is -0.120. The maximum Gasteiger partial charge on any atom is 0.271 e. The van der Waals surface area contributed by atoms with Gasteiger partial charge in [-0.3, -0.25) is 25.2 Å². The van der Waals surface area contributed by atoms with Crippen molar-refractivity contribution in [1.82, 2.24) is 20.7 Å². The summed E-state index contributed by atoms with van der Waals surface area (Å²) < 4.78 is 1.84. The Bertz CT molecular complexity index is 1070. The summed E-state index contributed by atoms with van der Waals surface area (Å²) >= 11 is 0. The maximum atomic E-state index is 12.4. The van der Waals surface area contributed by atoms with Crippen LogP contribution in [-0.4, -0.2) is 28.8 Å². The monoisotopic (exact) mass is 378 g/mol. The van der Waals surface area contributed by atoms with Crippen LogP contribution in [0.15, 0.2) is 48.7 Å². The Labute approximate surface area is 162 Å². The molecule has 0 aliphatic carbocycles. The van der Waals surface area contributed by atoms with Crippen LogP contribution < -0.4 is 16.2 Å². The first kappa shape index (κ1) is 19.2. The molecule has 3 N–H and O–H groups in total. The molecule has 28 heavy (non-hydrogen) atoms. The van der Waals surface area contributed by atoms with E-state index in [1.165, 1.54) is 0 Å². The fraction of sp³-hybridized carbons (Fsp3) is 0.190. The normalized spacial score (nSPS) is 10.5. The third kappa shape index (κ3) is 4.03. The van der Waals surface area contributed by atoms with Gasteiger partial charge in [0.25, 0.3) is 17.7 Å². The van der Waals surface area contributed by atoms with Gasteiger partial charge in [0.1, 0.15) is 0 Å². The summed E-state index contributed by atoms with van der Waals surface area (Å²) in [5.41, 5.74) is 8.64. The van der Waals surface area contributed by atoms with E-state index in [1.807, 2.05) is 55.8 Å². The van der Waals surface area contributed by atoms with Crippen LogP contribution in [0.5, 0.6) is 0 Å². The third-order valence-electron chi connectivity index (χ3n) is 4.64. The first-order valence-electron chi connectivity index (χ1n) is 8.85. The van der Waals surface area contributed by atoms with Gasteiger partial charge in [-0.1, -0.05) is 24.3 Å². The summed E-state index contributed by atoms with van der Waals surface area (Å²) in [6.07, 6.45) is 1.70. The average molecular weight is 378 g/mol. The van der Waals surface area contributed by atoms with Crippen LogP contribution in [0.3, 0.4) is 0 Å². The van der Waals surface area contributed by atoms with E-state index in [4.69, 9.17) is 0 Å². The molecule has 7 heteroatoms. The molecule has 0 saturated heterocycles. The molecule has 3 aromatic rings. The zero-order valence-electron chi connectivity index (χ0n) is 16.0. The summed E-state index contributed by atoms with van der Waals surface area (Å²) in [6, 6.07) is 12.8. The molecule has 0 atom stereocenters.